The first-order valence-electron chi connectivity index (χ1n) is 4.65. The van der Waals surface area contributed by atoms with Gasteiger partial charge in [-0.25, -0.2) is 0 Å². The second kappa shape index (κ2) is 4.09. The number of benzene rings is 1. The second-order valence-corrected chi connectivity index (χ2v) is 3.39. The van der Waals surface area contributed by atoms with Crippen LogP contribution in [-0.2, 0) is 12.8 Å². The number of rotatable bonds is 2. The van der Waals surface area contributed by atoms with Crippen molar-refractivity contribution >= 4 is 0 Å². The van der Waals surface area contributed by atoms with E-state index < -0.39 is 0 Å². The molecule has 0 saturated carbocycles. The maximum absolute atomic E-state index is 8.65. The van der Waals surface area contributed by atoms with Gasteiger partial charge < -0.3 is 0 Å². The Hall–Kier alpha value is -1.29. The molecule has 1 aromatic carbocycles. The highest BCUT2D eigenvalue weighted by Crippen LogP contribution is 2.17. The highest BCUT2D eigenvalue weighted by Gasteiger charge is 2.02. The van der Waals surface area contributed by atoms with Crippen LogP contribution in [0.4, 0.5) is 0 Å². The molecule has 1 aromatic rings. The molecule has 0 aliphatic heterocycles. The van der Waals surface area contributed by atoms with Gasteiger partial charge in [0, 0.05) is 0 Å². The van der Waals surface area contributed by atoms with Crippen LogP contribution in [0.15, 0.2) is 12.1 Å². The van der Waals surface area contributed by atoms with Gasteiger partial charge in [-0.2, -0.15) is 5.26 Å². The van der Waals surface area contributed by atoms with E-state index >= 15 is 0 Å². The fourth-order valence-corrected chi connectivity index (χ4v) is 1.49. The zero-order valence-electron chi connectivity index (χ0n) is 8.52. The van der Waals surface area contributed by atoms with Crippen molar-refractivity contribution < 1.29 is 0 Å². The quantitative estimate of drug-likeness (QED) is 0.674. The fourth-order valence-electron chi connectivity index (χ4n) is 1.49. The third kappa shape index (κ3) is 2.09. The number of nitriles is 1. The van der Waals surface area contributed by atoms with Gasteiger partial charge in [0.05, 0.1) is 12.5 Å². The molecule has 0 heterocycles. The molecular formula is C12H15N. The molecule has 0 aliphatic carbocycles. The normalized spacial score (nSPS) is 9.69. The number of nitrogens with zero attached hydrogens (tertiary/aromatic N) is 1. The zero-order valence-corrected chi connectivity index (χ0v) is 8.52. The van der Waals surface area contributed by atoms with E-state index in [2.05, 4.69) is 39.0 Å². The van der Waals surface area contributed by atoms with E-state index in [4.69, 9.17) is 5.26 Å². The first kappa shape index (κ1) is 9.80. The number of hydrogen-bond acceptors (Lipinski definition) is 1. The molecule has 0 radical (unpaired) electrons. The van der Waals surface area contributed by atoms with Crippen LogP contribution in [0.1, 0.15) is 29.2 Å². The predicted molar refractivity (Wildman–Crippen MR) is 54.6 cm³/mol. The molecular weight excluding hydrogens is 158 g/mol. The lowest BCUT2D eigenvalue weighted by atomic mass is 9.97. The van der Waals surface area contributed by atoms with Crippen molar-refractivity contribution in [3.05, 3.63) is 34.4 Å². The third-order valence-corrected chi connectivity index (χ3v) is 2.51. The van der Waals surface area contributed by atoms with Gasteiger partial charge >= 0.3 is 0 Å². The van der Waals surface area contributed by atoms with Crippen LogP contribution in [0.3, 0.4) is 0 Å². The van der Waals surface area contributed by atoms with Crippen molar-refractivity contribution in [2.75, 3.05) is 0 Å². The summed E-state index contributed by atoms with van der Waals surface area (Å²) in [5, 5.41) is 8.65. The molecule has 0 spiro atoms. The van der Waals surface area contributed by atoms with E-state index in [-0.39, 0.29) is 0 Å². The van der Waals surface area contributed by atoms with Crippen LogP contribution in [0.5, 0.6) is 0 Å². The summed E-state index contributed by atoms with van der Waals surface area (Å²) in [5.74, 6) is 0. The molecule has 0 fully saturated rings. The molecule has 68 valence electrons. The summed E-state index contributed by atoms with van der Waals surface area (Å²) in [7, 11) is 0. The smallest absolute Gasteiger partial charge is 0.0669 e. The number of aryl methyl sites for hydroxylation is 2. The average molecular weight is 173 g/mol. The SMILES string of the molecule is CCc1cc(C)c(C)c(CC#N)c1. The number of hydrogen-bond donors (Lipinski definition) is 0. The van der Waals surface area contributed by atoms with Crippen LogP contribution in [0, 0.1) is 25.2 Å². The molecule has 1 heteroatoms. The lowest BCUT2D eigenvalue weighted by Crippen LogP contribution is -1.94. The third-order valence-electron chi connectivity index (χ3n) is 2.51. The highest BCUT2D eigenvalue weighted by molar-refractivity contribution is 5.39. The summed E-state index contributed by atoms with van der Waals surface area (Å²) in [5.41, 5.74) is 5.07. The lowest BCUT2D eigenvalue weighted by molar-refractivity contribution is 1.09. The van der Waals surface area contributed by atoms with E-state index in [1.165, 1.54) is 22.3 Å². The Kier molecular flexibility index (Phi) is 3.08. The van der Waals surface area contributed by atoms with E-state index in [0.717, 1.165) is 6.42 Å². The first-order valence-corrected chi connectivity index (χ1v) is 4.65. The van der Waals surface area contributed by atoms with Gasteiger partial charge in [0.2, 0.25) is 0 Å². The van der Waals surface area contributed by atoms with Crippen LogP contribution >= 0.6 is 0 Å². The minimum absolute atomic E-state index is 0.528. The molecule has 0 aromatic heterocycles. The molecule has 0 saturated heterocycles. The molecule has 0 bridgehead atoms. The molecule has 13 heavy (non-hydrogen) atoms. The zero-order chi connectivity index (χ0) is 9.84. The van der Waals surface area contributed by atoms with E-state index in [9.17, 15) is 0 Å². The van der Waals surface area contributed by atoms with Gasteiger partial charge in [-0.05, 0) is 42.5 Å². The Labute approximate surface area is 80.0 Å². The highest BCUT2D eigenvalue weighted by atomic mass is 14.2. The molecule has 0 amide bonds. The van der Waals surface area contributed by atoms with Crippen molar-refractivity contribution in [3.63, 3.8) is 0 Å². The van der Waals surface area contributed by atoms with Crippen LogP contribution in [-0.4, -0.2) is 0 Å². The van der Waals surface area contributed by atoms with Crippen molar-refractivity contribution in [2.45, 2.75) is 33.6 Å². The topological polar surface area (TPSA) is 23.8 Å². The minimum atomic E-state index is 0.528. The summed E-state index contributed by atoms with van der Waals surface area (Å²) in [4.78, 5) is 0. The standard InChI is InChI=1S/C12H15N/c1-4-11-7-9(2)10(3)12(8-11)5-6-13/h7-8H,4-5H2,1-3H3. The van der Waals surface area contributed by atoms with Gasteiger partial charge in [0.15, 0.2) is 0 Å². The van der Waals surface area contributed by atoms with Gasteiger partial charge in [0.25, 0.3) is 0 Å². The van der Waals surface area contributed by atoms with E-state index in [1.807, 2.05) is 0 Å². The van der Waals surface area contributed by atoms with E-state index in [0.29, 0.717) is 6.42 Å². The Balaban J connectivity index is 3.18. The minimum Gasteiger partial charge on any atom is -0.198 e. The van der Waals surface area contributed by atoms with Gasteiger partial charge in [-0.15, -0.1) is 0 Å². The molecule has 1 rings (SSSR count). The van der Waals surface area contributed by atoms with Crippen molar-refractivity contribution in [1.29, 1.82) is 5.26 Å². The molecule has 1 nitrogen and oxygen atoms in total. The Bertz CT molecular complexity index is 345. The summed E-state index contributed by atoms with van der Waals surface area (Å²) < 4.78 is 0. The van der Waals surface area contributed by atoms with Crippen molar-refractivity contribution in [1.82, 2.24) is 0 Å². The Morgan fingerprint density at radius 3 is 2.54 bits per heavy atom. The maximum atomic E-state index is 8.65. The average Bonchev–Trinajstić information content (AvgIpc) is 2.13. The summed E-state index contributed by atoms with van der Waals surface area (Å²) in [6, 6.07) is 6.55. The van der Waals surface area contributed by atoms with Crippen molar-refractivity contribution in [3.8, 4) is 6.07 Å². The maximum Gasteiger partial charge on any atom is 0.0669 e. The summed E-state index contributed by atoms with van der Waals surface area (Å²) in [6.45, 7) is 6.33. The van der Waals surface area contributed by atoms with Crippen LogP contribution < -0.4 is 0 Å². The second-order valence-electron chi connectivity index (χ2n) is 3.39. The Morgan fingerprint density at radius 2 is 2.00 bits per heavy atom. The molecule has 0 aliphatic rings. The van der Waals surface area contributed by atoms with Gasteiger partial charge in [-0.1, -0.05) is 19.1 Å². The summed E-state index contributed by atoms with van der Waals surface area (Å²) >= 11 is 0. The monoisotopic (exact) mass is 173 g/mol. The van der Waals surface area contributed by atoms with Crippen LogP contribution in [0.25, 0.3) is 0 Å². The first-order chi connectivity index (χ1) is 6.19. The molecule has 0 unspecified atom stereocenters. The summed E-state index contributed by atoms with van der Waals surface area (Å²) in [6.07, 6.45) is 1.57. The molecule has 0 atom stereocenters. The fraction of sp³-hybridized carbons (Fsp3) is 0.417. The van der Waals surface area contributed by atoms with Crippen LogP contribution in [0.2, 0.25) is 0 Å². The van der Waals surface area contributed by atoms with E-state index in [1.54, 1.807) is 0 Å². The Morgan fingerprint density at radius 1 is 1.31 bits per heavy atom. The van der Waals surface area contributed by atoms with Gasteiger partial charge in [0.1, 0.15) is 0 Å². The van der Waals surface area contributed by atoms with Gasteiger partial charge in [-0.3, -0.25) is 0 Å². The predicted octanol–water partition coefficient (Wildman–Crippen LogP) is 2.93. The molecule has 0 N–H and O–H groups in total. The largest absolute Gasteiger partial charge is 0.198 e. The van der Waals surface area contributed by atoms with Crippen molar-refractivity contribution in [2.24, 2.45) is 0 Å². The lowest BCUT2D eigenvalue weighted by Gasteiger charge is -2.08.